The molecule has 0 saturated carbocycles. The molecule has 0 aliphatic rings. The van der Waals surface area contributed by atoms with Gasteiger partial charge in [0.1, 0.15) is 5.75 Å². The average molecular weight is 329 g/mol. The summed E-state index contributed by atoms with van der Waals surface area (Å²) in [6.45, 7) is 4.36. The van der Waals surface area contributed by atoms with E-state index in [1.54, 1.807) is 19.1 Å². The summed E-state index contributed by atoms with van der Waals surface area (Å²) in [7, 11) is 3.37. The molecule has 106 valence electrons. The van der Waals surface area contributed by atoms with E-state index in [0.29, 0.717) is 6.54 Å². The molecular formula is C14H21BrN2O2. The van der Waals surface area contributed by atoms with Crippen LogP contribution in [0.25, 0.3) is 0 Å². The lowest BCUT2D eigenvalue weighted by Gasteiger charge is -2.24. The van der Waals surface area contributed by atoms with Crippen LogP contribution in [-0.4, -0.2) is 31.0 Å². The first-order chi connectivity index (χ1) is 8.86. The number of halogens is 1. The Balaban J connectivity index is 2.84. The van der Waals surface area contributed by atoms with Gasteiger partial charge in [0, 0.05) is 23.6 Å². The van der Waals surface area contributed by atoms with Crippen LogP contribution in [-0.2, 0) is 11.3 Å². The Morgan fingerprint density at radius 3 is 2.63 bits per heavy atom. The second-order valence-electron chi connectivity index (χ2n) is 4.92. The van der Waals surface area contributed by atoms with Gasteiger partial charge in [0.15, 0.2) is 0 Å². The van der Waals surface area contributed by atoms with Gasteiger partial charge in [-0.1, -0.05) is 29.8 Å². The zero-order chi connectivity index (χ0) is 14.6. The van der Waals surface area contributed by atoms with E-state index in [-0.39, 0.29) is 11.8 Å². The molecule has 1 aromatic rings. The number of carbonyl (C=O) groups is 1. The summed E-state index contributed by atoms with van der Waals surface area (Å²) in [5, 5.41) is 0. The van der Waals surface area contributed by atoms with E-state index in [9.17, 15) is 4.79 Å². The Kier molecular flexibility index (Phi) is 5.82. The number of amides is 1. The van der Waals surface area contributed by atoms with Crippen molar-refractivity contribution in [1.29, 1.82) is 0 Å². The van der Waals surface area contributed by atoms with Gasteiger partial charge in [0.05, 0.1) is 13.2 Å². The molecule has 0 spiro atoms. The first-order valence-corrected chi connectivity index (χ1v) is 6.99. The van der Waals surface area contributed by atoms with Crippen LogP contribution in [0.1, 0.15) is 19.4 Å². The van der Waals surface area contributed by atoms with Crippen LogP contribution in [0, 0.1) is 5.92 Å². The molecule has 0 aliphatic heterocycles. The molecule has 1 unspecified atom stereocenters. The SMILES string of the molecule is COc1ccc(Br)cc1CN(C)C(=O)C(N)C(C)C. The number of carbonyl (C=O) groups excluding carboxylic acids is 1. The van der Waals surface area contributed by atoms with E-state index >= 15 is 0 Å². The average Bonchev–Trinajstić information content (AvgIpc) is 2.37. The van der Waals surface area contributed by atoms with Crippen LogP contribution in [0.15, 0.2) is 22.7 Å². The molecule has 0 radical (unpaired) electrons. The quantitative estimate of drug-likeness (QED) is 0.902. The molecule has 5 heteroatoms. The molecular weight excluding hydrogens is 308 g/mol. The van der Waals surface area contributed by atoms with Crippen molar-refractivity contribution in [3.05, 3.63) is 28.2 Å². The minimum atomic E-state index is -0.469. The summed E-state index contributed by atoms with van der Waals surface area (Å²) in [4.78, 5) is 13.8. The first kappa shape index (κ1) is 16.0. The topological polar surface area (TPSA) is 55.6 Å². The predicted octanol–water partition coefficient (Wildman–Crippen LogP) is 2.40. The normalized spacial score (nSPS) is 12.4. The highest BCUT2D eigenvalue weighted by Gasteiger charge is 2.21. The number of methoxy groups -OCH3 is 1. The van der Waals surface area contributed by atoms with Gasteiger partial charge in [-0.25, -0.2) is 0 Å². The van der Waals surface area contributed by atoms with Crippen molar-refractivity contribution in [3.8, 4) is 5.75 Å². The van der Waals surface area contributed by atoms with Crippen molar-refractivity contribution < 1.29 is 9.53 Å². The molecule has 1 aromatic carbocycles. The van der Waals surface area contributed by atoms with E-state index in [1.165, 1.54) is 0 Å². The highest BCUT2D eigenvalue weighted by atomic mass is 79.9. The van der Waals surface area contributed by atoms with Gasteiger partial charge in [-0.2, -0.15) is 0 Å². The van der Waals surface area contributed by atoms with Gasteiger partial charge in [0.25, 0.3) is 0 Å². The maximum atomic E-state index is 12.1. The zero-order valence-electron chi connectivity index (χ0n) is 11.8. The summed E-state index contributed by atoms with van der Waals surface area (Å²) >= 11 is 3.42. The molecule has 1 amide bonds. The number of benzene rings is 1. The highest BCUT2D eigenvalue weighted by molar-refractivity contribution is 9.10. The van der Waals surface area contributed by atoms with E-state index in [4.69, 9.17) is 10.5 Å². The second kappa shape index (κ2) is 6.91. The summed E-state index contributed by atoms with van der Waals surface area (Å²) < 4.78 is 6.25. The molecule has 0 heterocycles. The number of likely N-dealkylation sites (N-methyl/N-ethyl adjacent to an activating group) is 1. The largest absolute Gasteiger partial charge is 0.496 e. The fourth-order valence-corrected chi connectivity index (χ4v) is 2.15. The van der Waals surface area contributed by atoms with E-state index in [0.717, 1.165) is 15.8 Å². The molecule has 2 N–H and O–H groups in total. The minimum Gasteiger partial charge on any atom is -0.496 e. The molecule has 0 fully saturated rings. The van der Waals surface area contributed by atoms with Crippen LogP contribution in [0.3, 0.4) is 0 Å². The minimum absolute atomic E-state index is 0.0583. The molecule has 4 nitrogen and oxygen atoms in total. The van der Waals surface area contributed by atoms with Crippen molar-refractivity contribution in [2.45, 2.75) is 26.4 Å². The summed E-state index contributed by atoms with van der Waals surface area (Å²) in [5.74, 6) is 0.831. The van der Waals surface area contributed by atoms with Crippen molar-refractivity contribution in [2.24, 2.45) is 11.7 Å². The monoisotopic (exact) mass is 328 g/mol. The van der Waals surface area contributed by atoms with E-state index in [1.807, 2.05) is 32.0 Å². The molecule has 1 atom stereocenters. The number of nitrogens with zero attached hydrogens (tertiary/aromatic N) is 1. The molecule has 0 saturated heterocycles. The third-order valence-electron chi connectivity index (χ3n) is 3.03. The fourth-order valence-electron chi connectivity index (χ4n) is 1.74. The van der Waals surface area contributed by atoms with E-state index in [2.05, 4.69) is 15.9 Å². The van der Waals surface area contributed by atoms with Gasteiger partial charge >= 0.3 is 0 Å². The second-order valence-corrected chi connectivity index (χ2v) is 5.84. The highest BCUT2D eigenvalue weighted by Crippen LogP contribution is 2.24. The molecule has 19 heavy (non-hydrogen) atoms. The molecule has 0 aromatic heterocycles. The number of nitrogens with two attached hydrogens (primary N) is 1. The Morgan fingerprint density at radius 1 is 1.47 bits per heavy atom. The lowest BCUT2D eigenvalue weighted by Crippen LogP contribution is -2.44. The Hall–Kier alpha value is -1.07. The summed E-state index contributed by atoms with van der Waals surface area (Å²) in [6, 6.07) is 5.26. The lowest BCUT2D eigenvalue weighted by atomic mass is 10.0. The number of hydrogen-bond acceptors (Lipinski definition) is 3. The maximum absolute atomic E-state index is 12.1. The van der Waals surface area contributed by atoms with Crippen LogP contribution < -0.4 is 10.5 Å². The van der Waals surface area contributed by atoms with Gasteiger partial charge in [-0.05, 0) is 24.1 Å². The number of ether oxygens (including phenoxy) is 1. The fraction of sp³-hybridized carbons (Fsp3) is 0.500. The van der Waals surface area contributed by atoms with Gasteiger partial charge in [-0.3, -0.25) is 4.79 Å². The zero-order valence-corrected chi connectivity index (χ0v) is 13.4. The van der Waals surface area contributed by atoms with Gasteiger partial charge in [0.2, 0.25) is 5.91 Å². The van der Waals surface area contributed by atoms with Crippen LogP contribution in [0.5, 0.6) is 5.75 Å². The molecule has 0 bridgehead atoms. The third-order valence-corrected chi connectivity index (χ3v) is 3.52. The van der Waals surface area contributed by atoms with Crippen LogP contribution in [0.2, 0.25) is 0 Å². The van der Waals surface area contributed by atoms with Crippen molar-refractivity contribution in [3.63, 3.8) is 0 Å². The number of hydrogen-bond donors (Lipinski definition) is 1. The lowest BCUT2D eigenvalue weighted by molar-refractivity contribution is -0.132. The molecule has 0 aliphatic carbocycles. The molecule has 1 rings (SSSR count). The summed E-state index contributed by atoms with van der Waals surface area (Å²) in [5.41, 5.74) is 6.83. The third kappa shape index (κ3) is 4.21. The Bertz CT molecular complexity index is 449. The van der Waals surface area contributed by atoms with Crippen LogP contribution in [0.4, 0.5) is 0 Å². The summed E-state index contributed by atoms with van der Waals surface area (Å²) in [6.07, 6.45) is 0. The maximum Gasteiger partial charge on any atom is 0.239 e. The standard InChI is InChI=1S/C14H21BrN2O2/c1-9(2)13(16)14(18)17(3)8-10-7-11(15)5-6-12(10)19-4/h5-7,9,13H,8,16H2,1-4H3. The Morgan fingerprint density at radius 2 is 2.11 bits per heavy atom. The van der Waals surface area contributed by atoms with Gasteiger partial charge < -0.3 is 15.4 Å². The Labute approximate surface area is 123 Å². The van der Waals surface area contributed by atoms with Crippen LogP contribution >= 0.6 is 15.9 Å². The number of rotatable bonds is 5. The van der Waals surface area contributed by atoms with Crippen molar-refractivity contribution in [1.82, 2.24) is 4.90 Å². The van der Waals surface area contributed by atoms with Crippen molar-refractivity contribution >= 4 is 21.8 Å². The predicted molar refractivity (Wildman–Crippen MR) is 80.0 cm³/mol. The van der Waals surface area contributed by atoms with Crippen molar-refractivity contribution in [2.75, 3.05) is 14.2 Å². The smallest absolute Gasteiger partial charge is 0.239 e. The van der Waals surface area contributed by atoms with E-state index < -0.39 is 6.04 Å². The van der Waals surface area contributed by atoms with Gasteiger partial charge in [-0.15, -0.1) is 0 Å². The first-order valence-electron chi connectivity index (χ1n) is 6.19.